The number of fused-ring (bicyclic) bond motifs is 1. The van der Waals surface area contributed by atoms with Crippen molar-refractivity contribution < 1.29 is 4.74 Å². The van der Waals surface area contributed by atoms with E-state index < -0.39 is 0 Å². The summed E-state index contributed by atoms with van der Waals surface area (Å²) in [6.45, 7) is 9.54. The quantitative estimate of drug-likeness (QED) is 0.747. The largest absolute Gasteiger partial charge is 0.492 e. The van der Waals surface area contributed by atoms with Crippen LogP contribution in [-0.2, 0) is 0 Å². The molecule has 0 bridgehead atoms. The van der Waals surface area contributed by atoms with Crippen molar-refractivity contribution in [1.29, 1.82) is 0 Å². The maximum absolute atomic E-state index is 5.95. The smallest absolute Gasteiger partial charge is 0.126 e. The second-order valence-electron chi connectivity index (χ2n) is 6.13. The van der Waals surface area contributed by atoms with E-state index in [1.807, 2.05) is 0 Å². The first-order chi connectivity index (χ1) is 9.58. The Kier molecular flexibility index (Phi) is 3.29. The van der Waals surface area contributed by atoms with E-state index >= 15 is 0 Å². The summed E-state index contributed by atoms with van der Waals surface area (Å²) in [7, 11) is 0. The van der Waals surface area contributed by atoms with Crippen molar-refractivity contribution in [3.63, 3.8) is 0 Å². The Morgan fingerprint density at radius 2 is 1.60 bits per heavy atom. The second kappa shape index (κ2) is 4.97. The summed E-state index contributed by atoms with van der Waals surface area (Å²) in [4.78, 5) is 0. The highest BCUT2D eigenvalue weighted by Crippen LogP contribution is 2.42. The van der Waals surface area contributed by atoms with Crippen LogP contribution in [0.25, 0.3) is 0 Å². The molecule has 1 aliphatic heterocycles. The van der Waals surface area contributed by atoms with Gasteiger partial charge in [0.15, 0.2) is 0 Å². The average molecular weight is 266 g/mol. The summed E-state index contributed by atoms with van der Waals surface area (Å²) < 4.78 is 5.95. The molecular formula is C19H22O. The van der Waals surface area contributed by atoms with Crippen molar-refractivity contribution in [2.24, 2.45) is 0 Å². The molecule has 0 fully saturated rings. The Hall–Kier alpha value is -1.76. The van der Waals surface area contributed by atoms with Gasteiger partial charge in [0.25, 0.3) is 0 Å². The van der Waals surface area contributed by atoms with Crippen LogP contribution in [-0.4, -0.2) is 6.61 Å². The molecule has 0 spiro atoms. The fraction of sp³-hybridized carbons (Fsp3) is 0.368. The van der Waals surface area contributed by atoms with Crippen LogP contribution in [0.15, 0.2) is 36.4 Å². The third kappa shape index (κ3) is 2.11. The highest BCUT2D eigenvalue weighted by Gasteiger charge is 2.28. The van der Waals surface area contributed by atoms with Crippen molar-refractivity contribution in [2.75, 3.05) is 6.61 Å². The van der Waals surface area contributed by atoms with Gasteiger partial charge in [0.1, 0.15) is 5.75 Å². The Labute approximate surface area is 121 Å². The van der Waals surface area contributed by atoms with Crippen LogP contribution in [0.2, 0.25) is 0 Å². The number of hydrogen-bond acceptors (Lipinski definition) is 1. The van der Waals surface area contributed by atoms with Crippen LogP contribution in [0.4, 0.5) is 0 Å². The van der Waals surface area contributed by atoms with Gasteiger partial charge in [0.05, 0.1) is 6.61 Å². The molecule has 1 heterocycles. The fourth-order valence-electron chi connectivity index (χ4n) is 3.06. The van der Waals surface area contributed by atoms with E-state index in [4.69, 9.17) is 4.74 Å². The minimum atomic E-state index is 0.381. The zero-order chi connectivity index (χ0) is 14.3. The molecule has 1 unspecified atom stereocenters. The Morgan fingerprint density at radius 3 is 2.25 bits per heavy atom. The minimum absolute atomic E-state index is 0.381. The molecule has 1 nitrogen and oxygen atoms in total. The lowest BCUT2D eigenvalue weighted by atomic mass is 9.88. The third-order valence-electron chi connectivity index (χ3n) is 4.36. The minimum Gasteiger partial charge on any atom is -0.492 e. The van der Waals surface area contributed by atoms with Crippen LogP contribution in [0.5, 0.6) is 5.75 Å². The highest BCUT2D eigenvalue weighted by atomic mass is 16.5. The molecular weight excluding hydrogens is 244 g/mol. The summed E-state index contributed by atoms with van der Waals surface area (Å²) in [5, 5.41) is 0. The van der Waals surface area contributed by atoms with Gasteiger partial charge < -0.3 is 4.74 Å². The first-order valence-corrected chi connectivity index (χ1v) is 7.40. The van der Waals surface area contributed by atoms with Crippen molar-refractivity contribution >= 4 is 0 Å². The molecule has 2 aromatic rings. The predicted molar refractivity (Wildman–Crippen MR) is 83.8 cm³/mol. The van der Waals surface area contributed by atoms with Gasteiger partial charge in [-0.2, -0.15) is 0 Å². The van der Waals surface area contributed by atoms with E-state index in [0.717, 1.165) is 12.4 Å². The summed E-state index contributed by atoms with van der Waals surface area (Å²) in [6.07, 6.45) is 0. The van der Waals surface area contributed by atoms with Gasteiger partial charge >= 0.3 is 0 Å². The molecule has 0 saturated carbocycles. The van der Waals surface area contributed by atoms with Crippen LogP contribution >= 0.6 is 0 Å². The van der Waals surface area contributed by atoms with Crippen LogP contribution in [0.1, 0.15) is 53.5 Å². The number of aryl methyl sites for hydroxylation is 2. The zero-order valence-corrected chi connectivity index (χ0v) is 12.7. The summed E-state index contributed by atoms with van der Waals surface area (Å²) in [6, 6.07) is 13.4. The molecule has 1 heteroatoms. The van der Waals surface area contributed by atoms with E-state index in [2.05, 4.69) is 64.1 Å². The van der Waals surface area contributed by atoms with Gasteiger partial charge in [0, 0.05) is 11.5 Å². The normalized spacial score (nSPS) is 17.1. The molecule has 2 aromatic carbocycles. The summed E-state index contributed by atoms with van der Waals surface area (Å²) in [5.41, 5.74) is 6.71. The van der Waals surface area contributed by atoms with E-state index in [9.17, 15) is 0 Å². The van der Waals surface area contributed by atoms with Gasteiger partial charge in [-0.25, -0.2) is 0 Å². The molecule has 1 atom stereocenters. The lowest BCUT2D eigenvalue weighted by molar-refractivity contribution is 0.341. The first-order valence-electron chi connectivity index (χ1n) is 7.40. The lowest BCUT2D eigenvalue weighted by Gasteiger charge is -2.14. The molecule has 3 rings (SSSR count). The molecule has 20 heavy (non-hydrogen) atoms. The highest BCUT2D eigenvalue weighted by molar-refractivity contribution is 5.53. The van der Waals surface area contributed by atoms with Crippen LogP contribution < -0.4 is 4.74 Å². The predicted octanol–water partition coefficient (Wildman–Crippen LogP) is 4.95. The first kappa shape index (κ1) is 13.2. The van der Waals surface area contributed by atoms with Crippen molar-refractivity contribution in [2.45, 2.75) is 39.5 Å². The molecule has 0 saturated heterocycles. The zero-order valence-electron chi connectivity index (χ0n) is 12.7. The standard InChI is InChI=1S/C19H22O/c1-12(2)15-7-9-16(10-8-15)17-11-20-19-14(4)6-5-13(3)18(17)19/h5-10,12,17H,11H2,1-4H3. The van der Waals surface area contributed by atoms with Crippen molar-refractivity contribution in [3.05, 3.63) is 64.2 Å². The number of rotatable bonds is 2. The lowest BCUT2D eigenvalue weighted by Crippen LogP contribution is -2.03. The molecule has 1 aliphatic rings. The molecule has 0 aromatic heterocycles. The van der Waals surface area contributed by atoms with Gasteiger partial charge in [0.2, 0.25) is 0 Å². The van der Waals surface area contributed by atoms with Crippen molar-refractivity contribution in [3.8, 4) is 5.75 Å². The fourth-order valence-corrected chi connectivity index (χ4v) is 3.06. The molecule has 0 aliphatic carbocycles. The van der Waals surface area contributed by atoms with Gasteiger partial charge in [-0.05, 0) is 42.0 Å². The molecule has 0 N–H and O–H groups in total. The number of ether oxygens (including phenoxy) is 1. The summed E-state index contributed by atoms with van der Waals surface area (Å²) >= 11 is 0. The third-order valence-corrected chi connectivity index (χ3v) is 4.36. The van der Waals surface area contributed by atoms with Crippen LogP contribution in [0.3, 0.4) is 0 Å². The molecule has 0 amide bonds. The van der Waals surface area contributed by atoms with Gasteiger partial charge in [-0.15, -0.1) is 0 Å². The maximum Gasteiger partial charge on any atom is 0.126 e. The van der Waals surface area contributed by atoms with Gasteiger partial charge in [-0.1, -0.05) is 50.2 Å². The molecule has 0 radical (unpaired) electrons. The van der Waals surface area contributed by atoms with E-state index in [0.29, 0.717) is 11.8 Å². The van der Waals surface area contributed by atoms with Gasteiger partial charge in [-0.3, -0.25) is 0 Å². The van der Waals surface area contributed by atoms with E-state index in [-0.39, 0.29) is 0 Å². The Balaban J connectivity index is 2.01. The average Bonchev–Trinajstić information content (AvgIpc) is 2.89. The Bertz CT molecular complexity index is 623. The van der Waals surface area contributed by atoms with E-state index in [1.165, 1.54) is 27.8 Å². The second-order valence-corrected chi connectivity index (χ2v) is 6.13. The molecule has 104 valence electrons. The number of hydrogen-bond donors (Lipinski definition) is 0. The SMILES string of the molecule is Cc1ccc(C)c2c1OCC2c1ccc(C(C)C)cc1. The summed E-state index contributed by atoms with van der Waals surface area (Å²) in [5.74, 6) is 2.06. The number of benzene rings is 2. The monoisotopic (exact) mass is 266 g/mol. The Morgan fingerprint density at radius 1 is 0.950 bits per heavy atom. The van der Waals surface area contributed by atoms with Crippen LogP contribution in [0, 0.1) is 13.8 Å². The van der Waals surface area contributed by atoms with Crippen molar-refractivity contribution in [1.82, 2.24) is 0 Å². The topological polar surface area (TPSA) is 9.23 Å². The van der Waals surface area contributed by atoms with E-state index in [1.54, 1.807) is 0 Å². The maximum atomic E-state index is 5.95.